The molecule has 1 nitrogen and oxygen atoms in total. The van der Waals surface area contributed by atoms with Crippen LogP contribution in [0, 0.1) is 29.1 Å². The highest BCUT2D eigenvalue weighted by Crippen LogP contribution is 2.24. The summed E-state index contributed by atoms with van der Waals surface area (Å²) in [6.45, 7) is 0. The van der Waals surface area contributed by atoms with Crippen molar-refractivity contribution >= 4 is 5.78 Å². The first kappa shape index (κ1) is 14.2. The molecule has 2 aromatic rings. The average Bonchev–Trinajstić information content (AvgIpc) is 2.48. The Kier molecular flexibility index (Phi) is 3.83. The van der Waals surface area contributed by atoms with Crippen molar-refractivity contribution in [3.05, 3.63) is 70.5 Å². The summed E-state index contributed by atoms with van der Waals surface area (Å²) in [6, 6.07) is 7.43. The maximum atomic E-state index is 13.4. The molecule has 0 heterocycles. The molecule has 20 heavy (non-hydrogen) atoms. The van der Waals surface area contributed by atoms with E-state index < -0.39 is 46.9 Å². The number of hydrogen-bond acceptors (Lipinski definition) is 1. The van der Waals surface area contributed by atoms with Gasteiger partial charge >= 0.3 is 0 Å². The van der Waals surface area contributed by atoms with Crippen molar-refractivity contribution in [3.63, 3.8) is 0 Å². The molecule has 0 aliphatic carbocycles. The van der Waals surface area contributed by atoms with Gasteiger partial charge in [-0.3, -0.25) is 4.79 Å². The summed E-state index contributed by atoms with van der Waals surface area (Å²) < 4.78 is 65.6. The maximum Gasteiger partial charge on any atom is 0.200 e. The van der Waals surface area contributed by atoms with Crippen LogP contribution in [0.15, 0.2) is 30.3 Å². The Hall–Kier alpha value is -2.24. The number of benzene rings is 2. The Bertz CT molecular complexity index is 638. The summed E-state index contributed by atoms with van der Waals surface area (Å²) in [5.74, 6) is -11.1. The Morgan fingerprint density at radius 3 is 1.70 bits per heavy atom. The lowest BCUT2D eigenvalue weighted by atomic mass is 10.0. The Labute approximate surface area is 110 Å². The molecule has 0 atom stereocenters. The van der Waals surface area contributed by atoms with Crippen LogP contribution in [0.4, 0.5) is 22.0 Å². The van der Waals surface area contributed by atoms with Crippen LogP contribution >= 0.6 is 0 Å². The quantitative estimate of drug-likeness (QED) is 0.363. The fourth-order valence-electron chi connectivity index (χ4n) is 1.69. The number of rotatable bonds is 3. The minimum atomic E-state index is -2.24. The van der Waals surface area contributed by atoms with Gasteiger partial charge in [0, 0.05) is 17.5 Å². The first-order valence-electron chi connectivity index (χ1n) is 5.52. The fourth-order valence-corrected chi connectivity index (χ4v) is 1.69. The van der Waals surface area contributed by atoms with Crippen LogP contribution in [0.25, 0.3) is 0 Å². The maximum absolute atomic E-state index is 13.4. The van der Waals surface area contributed by atoms with Crippen molar-refractivity contribution < 1.29 is 26.7 Å². The van der Waals surface area contributed by atoms with Crippen LogP contribution < -0.4 is 0 Å². The number of Topliss-reactive ketones (excluding diaryl/α,β-unsaturated/α-hetero) is 1. The number of carbonyl (C=O) groups excluding carboxylic acids is 1. The largest absolute Gasteiger partial charge is 0.294 e. The van der Waals surface area contributed by atoms with Crippen molar-refractivity contribution in [3.8, 4) is 0 Å². The second kappa shape index (κ2) is 5.40. The van der Waals surface area contributed by atoms with Gasteiger partial charge in [-0.05, 0) is 0 Å². The van der Waals surface area contributed by atoms with Crippen LogP contribution in [0.2, 0.25) is 0 Å². The lowest BCUT2D eigenvalue weighted by Gasteiger charge is -2.07. The van der Waals surface area contributed by atoms with Gasteiger partial charge in [-0.25, -0.2) is 22.0 Å². The summed E-state index contributed by atoms with van der Waals surface area (Å²) in [6.07, 6.45) is -0.907. The lowest BCUT2D eigenvalue weighted by molar-refractivity contribution is 0.0990. The molecule has 104 valence electrons. The van der Waals surface area contributed by atoms with Crippen molar-refractivity contribution in [2.75, 3.05) is 0 Å². The summed E-state index contributed by atoms with van der Waals surface area (Å²) in [7, 11) is 0. The normalized spacial score (nSPS) is 10.7. The Balaban J connectivity index is 2.43. The highest BCUT2D eigenvalue weighted by Gasteiger charge is 2.26. The molecule has 0 aliphatic heterocycles. The average molecular weight is 286 g/mol. The van der Waals surface area contributed by atoms with Gasteiger partial charge in [0.2, 0.25) is 5.82 Å². The highest BCUT2D eigenvalue weighted by molar-refractivity contribution is 5.97. The third-order valence-electron chi connectivity index (χ3n) is 2.73. The second-order valence-corrected chi connectivity index (χ2v) is 4.01. The van der Waals surface area contributed by atoms with E-state index in [0.29, 0.717) is 0 Å². The van der Waals surface area contributed by atoms with E-state index in [1.165, 1.54) is 24.3 Å². The molecule has 0 unspecified atom stereocenters. The van der Waals surface area contributed by atoms with Gasteiger partial charge in [0.25, 0.3) is 0 Å². The molecule has 6 heteroatoms. The Morgan fingerprint density at radius 1 is 0.750 bits per heavy atom. The minimum Gasteiger partial charge on any atom is -0.294 e. The van der Waals surface area contributed by atoms with Gasteiger partial charge in [-0.1, -0.05) is 30.3 Å². The second-order valence-electron chi connectivity index (χ2n) is 4.01. The first-order valence-corrected chi connectivity index (χ1v) is 5.52. The van der Waals surface area contributed by atoms with E-state index in [-0.39, 0.29) is 5.56 Å². The van der Waals surface area contributed by atoms with E-state index in [4.69, 9.17) is 0 Å². The van der Waals surface area contributed by atoms with Gasteiger partial charge in [0.15, 0.2) is 29.1 Å². The minimum absolute atomic E-state index is 0.122. The highest BCUT2D eigenvalue weighted by atomic mass is 19.2. The van der Waals surface area contributed by atoms with E-state index in [2.05, 4.69) is 0 Å². The molecule has 0 bridgehead atoms. The summed E-state index contributed by atoms with van der Waals surface area (Å²) in [5, 5.41) is 0. The molecular formula is C14H7F5O. The SMILES string of the molecule is O=C(Cc1c(F)c(F)c(F)c(F)c1F)c1ccccc1. The van der Waals surface area contributed by atoms with E-state index in [1.54, 1.807) is 6.07 Å². The third-order valence-corrected chi connectivity index (χ3v) is 2.73. The van der Waals surface area contributed by atoms with Crippen LogP contribution in [-0.2, 0) is 6.42 Å². The van der Waals surface area contributed by atoms with E-state index in [9.17, 15) is 26.7 Å². The monoisotopic (exact) mass is 286 g/mol. The predicted molar refractivity (Wildman–Crippen MR) is 60.7 cm³/mol. The van der Waals surface area contributed by atoms with Crippen LogP contribution in [0.5, 0.6) is 0 Å². The number of hydrogen-bond donors (Lipinski definition) is 0. The van der Waals surface area contributed by atoms with Gasteiger partial charge in [-0.2, -0.15) is 0 Å². The number of halogens is 5. The summed E-state index contributed by atoms with van der Waals surface area (Å²) >= 11 is 0. The first-order chi connectivity index (χ1) is 9.43. The summed E-state index contributed by atoms with van der Waals surface area (Å²) in [5.41, 5.74) is -1.01. The van der Waals surface area contributed by atoms with Crippen molar-refractivity contribution in [2.45, 2.75) is 6.42 Å². The van der Waals surface area contributed by atoms with Crippen molar-refractivity contribution in [2.24, 2.45) is 0 Å². The van der Waals surface area contributed by atoms with E-state index in [1.807, 2.05) is 0 Å². The molecule has 0 fully saturated rings. The molecule has 0 radical (unpaired) electrons. The van der Waals surface area contributed by atoms with Crippen LogP contribution in [0.3, 0.4) is 0 Å². The van der Waals surface area contributed by atoms with Crippen LogP contribution in [0.1, 0.15) is 15.9 Å². The molecule has 2 aromatic carbocycles. The zero-order chi connectivity index (χ0) is 14.9. The van der Waals surface area contributed by atoms with Gasteiger partial charge < -0.3 is 0 Å². The molecule has 0 aromatic heterocycles. The Morgan fingerprint density at radius 2 is 1.20 bits per heavy atom. The number of carbonyl (C=O) groups is 1. The molecular weight excluding hydrogens is 279 g/mol. The van der Waals surface area contributed by atoms with Gasteiger partial charge in [0.1, 0.15) is 0 Å². The topological polar surface area (TPSA) is 17.1 Å². The molecule has 0 saturated carbocycles. The molecule has 0 N–H and O–H groups in total. The summed E-state index contributed by atoms with van der Waals surface area (Å²) in [4.78, 5) is 11.8. The zero-order valence-electron chi connectivity index (χ0n) is 9.89. The van der Waals surface area contributed by atoms with Crippen LogP contribution in [-0.4, -0.2) is 5.78 Å². The lowest BCUT2D eigenvalue weighted by Crippen LogP contribution is -2.12. The molecule has 0 saturated heterocycles. The predicted octanol–water partition coefficient (Wildman–Crippen LogP) is 3.81. The van der Waals surface area contributed by atoms with E-state index >= 15 is 0 Å². The number of ketones is 1. The molecule has 0 spiro atoms. The van der Waals surface area contributed by atoms with Crippen molar-refractivity contribution in [1.29, 1.82) is 0 Å². The molecule has 2 rings (SSSR count). The molecule has 0 aliphatic rings. The van der Waals surface area contributed by atoms with Gasteiger partial charge in [0.05, 0.1) is 0 Å². The van der Waals surface area contributed by atoms with Crippen molar-refractivity contribution in [1.82, 2.24) is 0 Å². The fraction of sp³-hybridized carbons (Fsp3) is 0.0714. The third kappa shape index (κ3) is 2.41. The van der Waals surface area contributed by atoms with Gasteiger partial charge in [-0.15, -0.1) is 0 Å². The zero-order valence-corrected chi connectivity index (χ0v) is 9.89. The van der Waals surface area contributed by atoms with E-state index in [0.717, 1.165) is 0 Å². The smallest absolute Gasteiger partial charge is 0.200 e. The standard InChI is InChI=1S/C14H7F5O/c15-10-8(11(16)13(18)14(19)12(10)17)6-9(20)7-4-2-1-3-5-7/h1-5H,6H2. The molecule has 0 amide bonds.